The average molecular weight is 262 g/mol. The molecule has 0 amide bonds. The van der Waals surface area contributed by atoms with Crippen LogP contribution in [0.4, 0.5) is 5.69 Å². The number of rotatable bonds is 3. The van der Waals surface area contributed by atoms with Gasteiger partial charge in [0.15, 0.2) is 0 Å². The fraction of sp³-hybridized carbons (Fsp3) is 0.625. The Labute approximate surface area is 116 Å². The van der Waals surface area contributed by atoms with Gasteiger partial charge < -0.3 is 14.9 Å². The highest BCUT2D eigenvalue weighted by molar-refractivity contribution is 5.49. The first-order valence-corrected chi connectivity index (χ1v) is 7.35. The van der Waals surface area contributed by atoms with E-state index in [1.807, 2.05) is 19.1 Å². The highest BCUT2D eigenvalue weighted by Gasteiger charge is 2.22. The van der Waals surface area contributed by atoms with Gasteiger partial charge in [-0.1, -0.05) is 19.1 Å². The van der Waals surface area contributed by atoms with Crippen molar-refractivity contribution in [2.24, 2.45) is 0 Å². The van der Waals surface area contributed by atoms with Gasteiger partial charge in [-0.15, -0.1) is 0 Å². The number of likely N-dealkylation sites (N-methyl/N-ethyl adjacent to an activating group) is 1. The van der Waals surface area contributed by atoms with Gasteiger partial charge in [-0.25, -0.2) is 0 Å². The van der Waals surface area contributed by atoms with Gasteiger partial charge in [-0.05, 0) is 51.1 Å². The van der Waals surface area contributed by atoms with Gasteiger partial charge in [0.25, 0.3) is 0 Å². The molecule has 1 aliphatic rings. The summed E-state index contributed by atoms with van der Waals surface area (Å²) in [6, 6.07) is 8.97. The Morgan fingerprint density at radius 2 is 1.95 bits per heavy atom. The molecule has 0 aromatic heterocycles. The molecule has 106 valence electrons. The lowest BCUT2D eigenvalue weighted by molar-refractivity contribution is 0.199. The van der Waals surface area contributed by atoms with Crippen molar-refractivity contribution in [1.82, 2.24) is 4.90 Å². The summed E-state index contributed by atoms with van der Waals surface area (Å²) in [5, 5.41) is 9.58. The maximum absolute atomic E-state index is 9.58. The molecule has 0 spiro atoms. The van der Waals surface area contributed by atoms with Crippen LogP contribution in [-0.4, -0.2) is 42.7 Å². The molecule has 3 heteroatoms. The van der Waals surface area contributed by atoms with Crippen molar-refractivity contribution in [2.75, 3.05) is 31.6 Å². The molecule has 1 heterocycles. The van der Waals surface area contributed by atoms with E-state index in [9.17, 15) is 5.11 Å². The molecule has 1 fully saturated rings. The summed E-state index contributed by atoms with van der Waals surface area (Å²) >= 11 is 0. The Balaban J connectivity index is 2.17. The summed E-state index contributed by atoms with van der Waals surface area (Å²) in [7, 11) is 2.21. The summed E-state index contributed by atoms with van der Waals surface area (Å²) in [5.74, 6) is 0. The molecule has 19 heavy (non-hydrogen) atoms. The predicted molar refractivity (Wildman–Crippen MR) is 80.6 cm³/mol. The molecular formula is C16H26N2O. The summed E-state index contributed by atoms with van der Waals surface area (Å²) in [4.78, 5) is 4.95. The maximum atomic E-state index is 9.58. The molecule has 1 saturated heterocycles. The molecule has 0 bridgehead atoms. The van der Waals surface area contributed by atoms with Crippen molar-refractivity contribution in [1.29, 1.82) is 0 Å². The highest BCUT2D eigenvalue weighted by Crippen LogP contribution is 2.24. The van der Waals surface area contributed by atoms with Crippen LogP contribution in [0.3, 0.4) is 0 Å². The van der Waals surface area contributed by atoms with Gasteiger partial charge >= 0.3 is 0 Å². The molecule has 1 aliphatic heterocycles. The van der Waals surface area contributed by atoms with E-state index in [1.165, 1.54) is 25.1 Å². The molecule has 0 aliphatic carbocycles. The minimum atomic E-state index is -0.383. The summed E-state index contributed by atoms with van der Waals surface area (Å²) in [5.41, 5.74) is 2.27. The van der Waals surface area contributed by atoms with Crippen molar-refractivity contribution in [3.63, 3.8) is 0 Å². The molecule has 0 radical (unpaired) electrons. The van der Waals surface area contributed by atoms with Gasteiger partial charge in [0.05, 0.1) is 6.10 Å². The van der Waals surface area contributed by atoms with E-state index in [0.29, 0.717) is 6.04 Å². The van der Waals surface area contributed by atoms with Crippen molar-refractivity contribution in [2.45, 2.75) is 38.8 Å². The van der Waals surface area contributed by atoms with E-state index < -0.39 is 0 Å². The molecule has 1 N–H and O–H groups in total. The zero-order valence-corrected chi connectivity index (χ0v) is 12.3. The van der Waals surface area contributed by atoms with Crippen LogP contribution in [0.2, 0.25) is 0 Å². The SMILES string of the molecule is CCC1CN(C)CCCN1c1ccc([C@H](C)O)cc1. The lowest BCUT2D eigenvalue weighted by atomic mass is 10.1. The fourth-order valence-corrected chi connectivity index (χ4v) is 2.88. The standard InChI is InChI=1S/C16H26N2O/c1-4-15-12-17(3)10-5-11-18(15)16-8-6-14(7-9-16)13(2)19/h6-9,13,15,19H,4-5,10-12H2,1-3H3/t13-,15?/m0/s1. The minimum Gasteiger partial charge on any atom is -0.389 e. The van der Waals surface area contributed by atoms with Crippen LogP contribution in [0, 0.1) is 0 Å². The van der Waals surface area contributed by atoms with Crippen molar-refractivity contribution in [3.05, 3.63) is 29.8 Å². The third-order valence-corrected chi connectivity index (χ3v) is 4.08. The number of hydrogen-bond acceptors (Lipinski definition) is 3. The van der Waals surface area contributed by atoms with E-state index in [1.54, 1.807) is 0 Å². The van der Waals surface area contributed by atoms with Crippen LogP contribution in [0.15, 0.2) is 24.3 Å². The lowest BCUT2D eigenvalue weighted by Gasteiger charge is -2.32. The molecular weight excluding hydrogens is 236 g/mol. The third-order valence-electron chi connectivity index (χ3n) is 4.08. The second-order valence-electron chi connectivity index (χ2n) is 5.64. The number of aliphatic hydroxyl groups excluding tert-OH is 1. The summed E-state index contributed by atoms with van der Waals surface area (Å²) in [6.07, 6.45) is 2.00. The van der Waals surface area contributed by atoms with Crippen molar-refractivity contribution < 1.29 is 5.11 Å². The van der Waals surface area contributed by atoms with E-state index >= 15 is 0 Å². The molecule has 2 atom stereocenters. The van der Waals surface area contributed by atoms with Gasteiger partial charge in [0.1, 0.15) is 0 Å². The van der Waals surface area contributed by atoms with Crippen LogP contribution in [-0.2, 0) is 0 Å². The highest BCUT2D eigenvalue weighted by atomic mass is 16.3. The largest absolute Gasteiger partial charge is 0.389 e. The van der Waals surface area contributed by atoms with E-state index in [0.717, 1.165) is 18.7 Å². The fourth-order valence-electron chi connectivity index (χ4n) is 2.88. The first kappa shape index (κ1) is 14.4. The first-order chi connectivity index (χ1) is 9.11. The van der Waals surface area contributed by atoms with Crippen LogP contribution in [0.1, 0.15) is 38.4 Å². The molecule has 1 aromatic carbocycles. The van der Waals surface area contributed by atoms with Crippen LogP contribution in [0.5, 0.6) is 0 Å². The monoisotopic (exact) mass is 262 g/mol. The van der Waals surface area contributed by atoms with Crippen LogP contribution in [0.25, 0.3) is 0 Å². The molecule has 1 aromatic rings. The number of hydrogen-bond donors (Lipinski definition) is 1. The zero-order valence-electron chi connectivity index (χ0n) is 12.3. The first-order valence-electron chi connectivity index (χ1n) is 7.35. The minimum absolute atomic E-state index is 0.383. The Hall–Kier alpha value is -1.06. The van der Waals surface area contributed by atoms with Crippen LogP contribution >= 0.6 is 0 Å². The molecule has 1 unspecified atom stereocenters. The molecule has 0 saturated carbocycles. The summed E-state index contributed by atoms with van der Waals surface area (Å²) in [6.45, 7) is 7.51. The topological polar surface area (TPSA) is 26.7 Å². The van der Waals surface area contributed by atoms with Crippen molar-refractivity contribution in [3.8, 4) is 0 Å². The normalized spacial score (nSPS) is 23.2. The third kappa shape index (κ3) is 3.48. The quantitative estimate of drug-likeness (QED) is 0.907. The van der Waals surface area contributed by atoms with E-state index in [2.05, 4.69) is 35.9 Å². The van der Waals surface area contributed by atoms with Crippen molar-refractivity contribution >= 4 is 5.69 Å². The van der Waals surface area contributed by atoms with Gasteiger partial charge in [-0.3, -0.25) is 0 Å². The zero-order chi connectivity index (χ0) is 13.8. The predicted octanol–water partition coefficient (Wildman–Crippen LogP) is 2.66. The van der Waals surface area contributed by atoms with E-state index in [4.69, 9.17) is 0 Å². The number of anilines is 1. The molecule has 2 rings (SSSR count). The Bertz CT molecular complexity index is 388. The average Bonchev–Trinajstić information content (AvgIpc) is 2.60. The smallest absolute Gasteiger partial charge is 0.0761 e. The second-order valence-corrected chi connectivity index (χ2v) is 5.64. The van der Waals surface area contributed by atoms with Gasteiger partial charge in [0, 0.05) is 24.8 Å². The maximum Gasteiger partial charge on any atom is 0.0761 e. The molecule has 3 nitrogen and oxygen atoms in total. The summed E-state index contributed by atoms with van der Waals surface area (Å²) < 4.78 is 0. The second kappa shape index (κ2) is 6.40. The van der Waals surface area contributed by atoms with Gasteiger partial charge in [0.2, 0.25) is 0 Å². The number of nitrogens with zero attached hydrogens (tertiary/aromatic N) is 2. The van der Waals surface area contributed by atoms with Gasteiger partial charge in [-0.2, -0.15) is 0 Å². The number of benzene rings is 1. The Kier molecular flexibility index (Phi) is 4.83. The number of aliphatic hydroxyl groups is 1. The Morgan fingerprint density at radius 1 is 1.26 bits per heavy atom. The lowest BCUT2D eigenvalue weighted by Crippen LogP contribution is -2.39. The van der Waals surface area contributed by atoms with E-state index in [-0.39, 0.29) is 6.10 Å². The van der Waals surface area contributed by atoms with Crippen LogP contribution < -0.4 is 4.90 Å². The Morgan fingerprint density at radius 3 is 2.53 bits per heavy atom.